The summed E-state index contributed by atoms with van der Waals surface area (Å²) in [6.07, 6.45) is 0.362. The van der Waals surface area contributed by atoms with Crippen LogP contribution in [0.1, 0.15) is 6.42 Å². The number of hydrogen-bond acceptors (Lipinski definition) is 3. The maximum absolute atomic E-state index is 13.4. The highest BCUT2D eigenvalue weighted by Gasteiger charge is 2.29. The van der Waals surface area contributed by atoms with E-state index >= 15 is 0 Å². The number of nitrogens with one attached hydrogen (secondary N) is 2. The van der Waals surface area contributed by atoms with Crippen LogP contribution in [0.5, 0.6) is 0 Å². The van der Waals surface area contributed by atoms with Crippen LogP contribution in [0, 0.1) is 5.82 Å². The minimum absolute atomic E-state index is 0.0540. The molecule has 1 aromatic rings. The molecule has 1 aliphatic heterocycles. The third kappa shape index (κ3) is 3.57. The molecule has 1 heterocycles. The van der Waals surface area contributed by atoms with Crippen LogP contribution in [0.15, 0.2) is 18.2 Å². The van der Waals surface area contributed by atoms with Gasteiger partial charge in [-0.1, -0.05) is 17.7 Å². The van der Waals surface area contributed by atoms with Gasteiger partial charge >= 0.3 is 6.03 Å². The fourth-order valence-corrected chi connectivity index (χ4v) is 3.74. The van der Waals surface area contributed by atoms with E-state index in [0.29, 0.717) is 6.42 Å². The first-order valence-corrected chi connectivity index (χ1v) is 7.79. The molecule has 5 nitrogen and oxygen atoms in total. The average Bonchev–Trinajstić information content (AvgIpc) is 2.63. The van der Waals surface area contributed by atoms with E-state index in [0.717, 1.165) is 0 Å². The summed E-state index contributed by atoms with van der Waals surface area (Å²) < 4.78 is 35.9. The number of halogens is 2. The molecule has 0 saturated carbocycles. The summed E-state index contributed by atoms with van der Waals surface area (Å²) in [5, 5.41) is 4.84. The fraction of sp³-hybridized carbons (Fsp3) is 0.364. The summed E-state index contributed by atoms with van der Waals surface area (Å²) in [7, 11) is -3.07. The Morgan fingerprint density at radius 1 is 1.42 bits per heavy atom. The van der Waals surface area contributed by atoms with Crippen LogP contribution in [-0.2, 0) is 9.84 Å². The standard InChI is InChI=1S/C11H12ClFN2O3S/c12-8-2-1-3-9(13)10(8)15-11(16)14-7-4-5-19(17,18)6-7/h1-3,7H,4-6H2,(H2,14,15,16). The second-order valence-electron chi connectivity index (χ2n) is 4.30. The maximum atomic E-state index is 13.4. The molecular weight excluding hydrogens is 295 g/mol. The topological polar surface area (TPSA) is 75.3 Å². The SMILES string of the molecule is O=C(Nc1c(F)cccc1Cl)NC1CCS(=O)(=O)C1. The Morgan fingerprint density at radius 2 is 2.16 bits per heavy atom. The van der Waals surface area contributed by atoms with E-state index in [1.54, 1.807) is 0 Å². The van der Waals surface area contributed by atoms with Crippen LogP contribution < -0.4 is 10.6 Å². The van der Waals surface area contributed by atoms with Crippen molar-refractivity contribution in [2.45, 2.75) is 12.5 Å². The van der Waals surface area contributed by atoms with Gasteiger partial charge in [-0.25, -0.2) is 17.6 Å². The Balaban J connectivity index is 1.99. The minimum Gasteiger partial charge on any atom is -0.334 e. The van der Waals surface area contributed by atoms with Crippen molar-refractivity contribution in [3.05, 3.63) is 29.0 Å². The summed E-state index contributed by atoms with van der Waals surface area (Å²) in [6, 6.07) is 2.91. The molecule has 2 N–H and O–H groups in total. The molecular formula is C11H12ClFN2O3S. The molecule has 19 heavy (non-hydrogen) atoms. The number of amides is 2. The van der Waals surface area contributed by atoms with E-state index in [1.165, 1.54) is 18.2 Å². The van der Waals surface area contributed by atoms with Crippen LogP contribution in [-0.4, -0.2) is 32.0 Å². The second-order valence-corrected chi connectivity index (χ2v) is 6.93. The zero-order valence-electron chi connectivity index (χ0n) is 9.82. The fourth-order valence-electron chi connectivity index (χ4n) is 1.86. The van der Waals surface area contributed by atoms with Gasteiger partial charge in [-0.2, -0.15) is 0 Å². The Morgan fingerprint density at radius 3 is 2.74 bits per heavy atom. The van der Waals surface area contributed by atoms with Crippen molar-refractivity contribution in [2.75, 3.05) is 16.8 Å². The van der Waals surface area contributed by atoms with Gasteiger partial charge in [0.1, 0.15) is 5.82 Å². The Kier molecular flexibility index (Phi) is 3.96. The van der Waals surface area contributed by atoms with Gasteiger partial charge in [0.2, 0.25) is 0 Å². The molecule has 0 radical (unpaired) electrons. The number of hydrogen-bond donors (Lipinski definition) is 2. The van der Waals surface area contributed by atoms with E-state index in [2.05, 4.69) is 10.6 Å². The highest BCUT2D eigenvalue weighted by atomic mass is 35.5. The summed E-state index contributed by atoms with van der Waals surface area (Å²) >= 11 is 5.76. The van der Waals surface area contributed by atoms with Crippen molar-refractivity contribution >= 4 is 33.2 Å². The molecule has 0 aliphatic carbocycles. The lowest BCUT2D eigenvalue weighted by Crippen LogP contribution is -2.38. The Labute approximate surface area is 115 Å². The summed E-state index contributed by atoms with van der Waals surface area (Å²) in [5.74, 6) is -0.689. The number of benzene rings is 1. The smallest absolute Gasteiger partial charge is 0.319 e. The number of para-hydroxylation sites is 1. The van der Waals surface area contributed by atoms with Gasteiger partial charge in [0.15, 0.2) is 9.84 Å². The molecule has 8 heteroatoms. The van der Waals surface area contributed by atoms with Crippen molar-refractivity contribution < 1.29 is 17.6 Å². The van der Waals surface area contributed by atoms with Gasteiger partial charge in [0, 0.05) is 6.04 Å². The van der Waals surface area contributed by atoms with Crippen molar-refractivity contribution in [1.29, 1.82) is 0 Å². The summed E-state index contributed by atoms with van der Waals surface area (Å²) in [5.41, 5.74) is -0.123. The van der Waals surface area contributed by atoms with Crippen LogP contribution in [0.3, 0.4) is 0 Å². The molecule has 104 valence electrons. The van der Waals surface area contributed by atoms with Crippen LogP contribution >= 0.6 is 11.6 Å². The van der Waals surface area contributed by atoms with Gasteiger partial charge in [-0.15, -0.1) is 0 Å². The van der Waals surface area contributed by atoms with Crippen LogP contribution in [0.4, 0.5) is 14.9 Å². The van der Waals surface area contributed by atoms with Crippen molar-refractivity contribution in [1.82, 2.24) is 5.32 Å². The zero-order chi connectivity index (χ0) is 14.0. The van der Waals surface area contributed by atoms with E-state index in [1.807, 2.05) is 0 Å². The molecule has 1 saturated heterocycles. The molecule has 1 atom stereocenters. The highest BCUT2D eigenvalue weighted by molar-refractivity contribution is 7.91. The number of sulfone groups is 1. The molecule has 1 aromatic carbocycles. The van der Waals surface area contributed by atoms with Gasteiger partial charge in [-0.3, -0.25) is 0 Å². The molecule has 0 bridgehead atoms. The molecule has 1 unspecified atom stereocenters. The van der Waals surface area contributed by atoms with E-state index < -0.39 is 27.7 Å². The number of carbonyl (C=O) groups is 1. The summed E-state index contributed by atoms with van der Waals surface area (Å²) in [4.78, 5) is 11.6. The lowest BCUT2D eigenvalue weighted by molar-refractivity contribution is 0.249. The third-order valence-electron chi connectivity index (χ3n) is 2.77. The van der Waals surface area contributed by atoms with E-state index in [-0.39, 0.29) is 22.2 Å². The predicted molar refractivity (Wildman–Crippen MR) is 70.6 cm³/mol. The molecule has 1 aliphatic rings. The second kappa shape index (κ2) is 5.34. The van der Waals surface area contributed by atoms with Crippen molar-refractivity contribution in [3.8, 4) is 0 Å². The normalized spacial score (nSPS) is 21.1. The molecule has 0 aromatic heterocycles. The number of urea groups is 1. The lowest BCUT2D eigenvalue weighted by atomic mass is 10.2. The average molecular weight is 307 g/mol. The van der Waals surface area contributed by atoms with Gasteiger partial charge in [0.05, 0.1) is 22.2 Å². The number of carbonyl (C=O) groups excluding carboxylic acids is 1. The first-order chi connectivity index (χ1) is 8.87. The maximum Gasteiger partial charge on any atom is 0.319 e. The predicted octanol–water partition coefficient (Wildman–Crippen LogP) is 1.79. The lowest BCUT2D eigenvalue weighted by Gasteiger charge is -2.13. The Hall–Kier alpha value is -1.34. The van der Waals surface area contributed by atoms with Crippen LogP contribution in [0.25, 0.3) is 0 Å². The van der Waals surface area contributed by atoms with Gasteiger partial charge in [0.25, 0.3) is 0 Å². The molecule has 2 rings (SSSR count). The number of anilines is 1. The molecule has 2 amide bonds. The van der Waals surface area contributed by atoms with Gasteiger partial charge in [-0.05, 0) is 18.6 Å². The first kappa shape index (κ1) is 14.1. The monoisotopic (exact) mass is 306 g/mol. The van der Waals surface area contributed by atoms with Gasteiger partial charge < -0.3 is 10.6 Å². The van der Waals surface area contributed by atoms with Crippen LogP contribution in [0.2, 0.25) is 5.02 Å². The largest absolute Gasteiger partial charge is 0.334 e. The third-order valence-corrected chi connectivity index (χ3v) is 4.85. The minimum atomic E-state index is -3.07. The number of rotatable bonds is 2. The first-order valence-electron chi connectivity index (χ1n) is 5.59. The quantitative estimate of drug-likeness (QED) is 0.874. The summed E-state index contributed by atoms with van der Waals surface area (Å²) in [6.45, 7) is 0. The van der Waals surface area contributed by atoms with E-state index in [4.69, 9.17) is 11.6 Å². The zero-order valence-corrected chi connectivity index (χ0v) is 11.4. The molecule has 1 fully saturated rings. The van der Waals surface area contributed by atoms with E-state index in [9.17, 15) is 17.6 Å². The molecule has 0 spiro atoms. The van der Waals surface area contributed by atoms with Crippen molar-refractivity contribution in [3.63, 3.8) is 0 Å². The Bertz CT molecular complexity index is 586. The van der Waals surface area contributed by atoms with Crippen molar-refractivity contribution in [2.24, 2.45) is 0 Å². The highest BCUT2D eigenvalue weighted by Crippen LogP contribution is 2.24.